The largest absolute Gasteiger partial charge is 0.464 e. The summed E-state index contributed by atoms with van der Waals surface area (Å²) in [7, 11) is 0. The highest BCUT2D eigenvalue weighted by Gasteiger charge is 2.36. The number of carbonyl (C=O) groups is 1. The molecule has 0 spiro atoms. The third-order valence-corrected chi connectivity index (χ3v) is 3.77. The molecule has 0 unspecified atom stereocenters. The molecular formula is C16H21NO2S. The third kappa shape index (κ3) is 4.90. The van der Waals surface area contributed by atoms with Crippen LogP contribution in [-0.2, 0) is 16.0 Å². The Morgan fingerprint density at radius 1 is 1.40 bits per heavy atom. The number of nitriles is 1. The Morgan fingerprint density at radius 3 is 2.50 bits per heavy atom. The molecule has 20 heavy (non-hydrogen) atoms. The van der Waals surface area contributed by atoms with E-state index in [1.54, 1.807) is 6.92 Å². The Kier molecular flexibility index (Phi) is 6.09. The van der Waals surface area contributed by atoms with Gasteiger partial charge in [0.15, 0.2) is 0 Å². The van der Waals surface area contributed by atoms with Crippen LogP contribution in [0.5, 0.6) is 0 Å². The van der Waals surface area contributed by atoms with Gasteiger partial charge in [0.25, 0.3) is 0 Å². The summed E-state index contributed by atoms with van der Waals surface area (Å²) in [6.07, 6.45) is 0.489. The molecule has 1 aromatic carbocycles. The standard InChI is InChI=1S/C16H21NO2S/c1-12(2)10-19-15(18)16(4,20-11-17)9-14-7-5-13(3)6-8-14/h5-8,12H,9-10H2,1-4H3/t16-/m1/s1. The van der Waals surface area contributed by atoms with Gasteiger partial charge in [-0.2, -0.15) is 5.26 Å². The summed E-state index contributed by atoms with van der Waals surface area (Å²) in [5.74, 6) is -0.0343. The number of ether oxygens (including phenoxy) is 1. The molecule has 0 fully saturated rings. The van der Waals surface area contributed by atoms with E-state index in [9.17, 15) is 4.79 Å². The van der Waals surface area contributed by atoms with Crippen LogP contribution in [0.1, 0.15) is 31.9 Å². The topological polar surface area (TPSA) is 50.1 Å². The Morgan fingerprint density at radius 2 is 2.00 bits per heavy atom. The molecule has 0 N–H and O–H groups in total. The molecule has 0 heterocycles. The van der Waals surface area contributed by atoms with Crippen LogP contribution in [-0.4, -0.2) is 17.3 Å². The molecular weight excluding hydrogens is 270 g/mol. The molecule has 0 aliphatic rings. The predicted molar refractivity (Wildman–Crippen MR) is 82.3 cm³/mol. The molecule has 0 aliphatic carbocycles. The predicted octanol–water partition coefficient (Wildman–Crippen LogP) is 3.71. The smallest absolute Gasteiger partial charge is 0.323 e. The number of esters is 1. The number of thiocyanates is 1. The van der Waals surface area contributed by atoms with E-state index in [2.05, 4.69) is 0 Å². The number of hydrogen-bond donors (Lipinski definition) is 0. The number of hydrogen-bond acceptors (Lipinski definition) is 4. The lowest BCUT2D eigenvalue weighted by molar-refractivity contribution is -0.147. The molecule has 108 valence electrons. The fraction of sp³-hybridized carbons (Fsp3) is 0.500. The maximum absolute atomic E-state index is 12.2. The fourth-order valence-electron chi connectivity index (χ4n) is 1.74. The van der Waals surface area contributed by atoms with Crippen LogP contribution in [0.25, 0.3) is 0 Å². The molecule has 0 bridgehead atoms. The number of nitrogens with zero attached hydrogens (tertiary/aromatic N) is 1. The van der Waals surface area contributed by atoms with Crippen molar-refractivity contribution in [2.45, 2.75) is 38.9 Å². The van der Waals surface area contributed by atoms with E-state index < -0.39 is 4.75 Å². The lowest BCUT2D eigenvalue weighted by atomic mass is 9.99. The molecule has 1 aromatic rings. The second kappa shape index (κ2) is 7.35. The monoisotopic (exact) mass is 291 g/mol. The first-order valence-electron chi connectivity index (χ1n) is 6.67. The second-order valence-corrected chi connectivity index (χ2v) is 6.87. The Bertz CT molecular complexity index is 490. The first-order chi connectivity index (χ1) is 9.37. The van der Waals surface area contributed by atoms with Crippen molar-refractivity contribution < 1.29 is 9.53 Å². The summed E-state index contributed by atoms with van der Waals surface area (Å²) < 4.78 is 4.44. The molecule has 0 radical (unpaired) electrons. The quantitative estimate of drug-likeness (QED) is 0.592. The molecule has 1 atom stereocenters. The van der Waals surface area contributed by atoms with Crippen LogP contribution in [0.3, 0.4) is 0 Å². The van der Waals surface area contributed by atoms with Crippen molar-refractivity contribution in [1.82, 2.24) is 0 Å². The van der Waals surface area contributed by atoms with Crippen molar-refractivity contribution in [3.63, 3.8) is 0 Å². The normalized spacial score (nSPS) is 13.6. The van der Waals surface area contributed by atoms with E-state index in [0.717, 1.165) is 17.3 Å². The van der Waals surface area contributed by atoms with Gasteiger partial charge in [-0.1, -0.05) is 43.7 Å². The van der Waals surface area contributed by atoms with E-state index in [1.165, 1.54) is 5.56 Å². The fourth-order valence-corrected chi connectivity index (χ4v) is 2.32. The molecule has 0 amide bonds. The minimum Gasteiger partial charge on any atom is -0.464 e. The van der Waals surface area contributed by atoms with Crippen LogP contribution in [0.15, 0.2) is 24.3 Å². The minimum atomic E-state index is -0.862. The van der Waals surface area contributed by atoms with Gasteiger partial charge in [-0.3, -0.25) is 4.79 Å². The molecule has 0 aromatic heterocycles. The van der Waals surface area contributed by atoms with E-state index in [0.29, 0.717) is 13.0 Å². The maximum atomic E-state index is 12.2. The maximum Gasteiger partial charge on any atom is 0.323 e. The van der Waals surface area contributed by atoms with Gasteiger partial charge >= 0.3 is 5.97 Å². The van der Waals surface area contributed by atoms with Gasteiger partial charge in [-0.05, 0) is 43.5 Å². The molecule has 1 rings (SSSR count). The molecule has 4 heteroatoms. The van der Waals surface area contributed by atoms with Gasteiger partial charge < -0.3 is 4.74 Å². The summed E-state index contributed by atoms with van der Waals surface area (Å²) in [6.45, 7) is 8.14. The summed E-state index contributed by atoms with van der Waals surface area (Å²) in [4.78, 5) is 12.2. The van der Waals surface area contributed by atoms with Crippen LogP contribution < -0.4 is 0 Å². The molecule has 3 nitrogen and oxygen atoms in total. The second-order valence-electron chi connectivity index (χ2n) is 5.58. The zero-order valence-corrected chi connectivity index (χ0v) is 13.3. The highest BCUT2D eigenvalue weighted by atomic mass is 32.2. The Hall–Kier alpha value is -1.47. The SMILES string of the molecule is Cc1ccc(C[C@@](C)(SC#N)C(=O)OCC(C)C)cc1. The van der Waals surface area contributed by atoms with E-state index in [1.807, 2.05) is 50.4 Å². The van der Waals surface area contributed by atoms with Gasteiger partial charge in [0.2, 0.25) is 0 Å². The first-order valence-corrected chi connectivity index (χ1v) is 7.49. The number of thioether (sulfide) groups is 1. The molecule has 0 saturated heterocycles. The van der Waals surface area contributed by atoms with Gasteiger partial charge in [0.05, 0.1) is 6.61 Å². The zero-order valence-electron chi connectivity index (χ0n) is 12.5. The lowest BCUT2D eigenvalue weighted by Gasteiger charge is -2.24. The Labute approximate surface area is 125 Å². The summed E-state index contributed by atoms with van der Waals surface area (Å²) >= 11 is 0.969. The Balaban J connectivity index is 2.82. The zero-order chi connectivity index (χ0) is 15.2. The van der Waals surface area contributed by atoms with Gasteiger partial charge in [0.1, 0.15) is 10.1 Å². The minimum absolute atomic E-state index is 0.287. The van der Waals surface area contributed by atoms with E-state index in [4.69, 9.17) is 10.00 Å². The highest BCUT2D eigenvalue weighted by Crippen LogP contribution is 2.30. The first kappa shape index (κ1) is 16.6. The summed E-state index contributed by atoms with van der Waals surface area (Å²) in [5.41, 5.74) is 2.20. The molecule has 0 saturated carbocycles. The number of aryl methyl sites for hydroxylation is 1. The van der Waals surface area contributed by atoms with Crippen LogP contribution in [0, 0.1) is 23.5 Å². The van der Waals surface area contributed by atoms with Crippen molar-refractivity contribution >= 4 is 17.7 Å². The van der Waals surface area contributed by atoms with Crippen molar-refractivity contribution in [1.29, 1.82) is 5.26 Å². The van der Waals surface area contributed by atoms with Crippen LogP contribution in [0.4, 0.5) is 0 Å². The van der Waals surface area contributed by atoms with E-state index in [-0.39, 0.29) is 11.9 Å². The van der Waals surface area contributed by atoms with Gasteiger partial charge in [0, 0.05) is 0 Å². The molecule has 0 aliphatic heterocycles. The average Bonchev–Trinajstić information content (AvgIpc) is 2.39. The van der Waals surface area contributed by atoms with E-state index >= 15 is 0 Å². The van der Waals surface area contributed by atoms with Crippen LogP contribution >= 0.6 is 11.8 Å². The highest BCUT2D eigenvalue weighted by molar-refractivity contribution is 8.05. The number of carbonyl (C=O) groups excluding carboxylic acids is 1. The van der Waals surface area contributed by atoms with Gasteiger partial charge in [-0.25, -0.2) is 0 Å². The van der Waals surface area contributed by atoms with Crippen molar-refractivity contribution in [3.8, 4) is 5.40 Å². The lowest BCUT2D eigenvalue weighted by Crippen LogP contribution is -2.36. The van der Waals surface area contributed by atoms with Crippen LogP contribution in [0.2, 0.25) is 0 Å². The summed E-state index contributed by atoms with van der Waals surface area (Å²) in [6, 6.07) is 7.99. The summed E-state index contributed by atoms with van der Waals surface area (Å²) in [5, 5.41) is 11.0. The number of rotatable bonds is 6. The van der Waals surface area contributed by atoms with Crippen molar-refractivity contribution in [3.05, 3.63) is 35.4 Å². The van der Waals surface area contributed by atoms with Crippen molar-refractivity contribution in [2.75, 3.05) is 6.61 Å². The number of benzene rings is 1. The van der Waals surface area contributed by atoms with Crippen molar-refractivity contribution in [2.24, 2.45) is 5.92 Å². The average molecular weight is 291 g/mol. The van der Waals surface area contributed by atoms with Gasteiger partial charge in [-0.15, -0.1) is 0 Å². The third-order valence-electron chi connectivity index (χ3n) is 2.91.